The molecule has 0 atom stereocenters. The summed E-state index contributed by atoms with van der Waals surface area (Å²) in [5, 5.41) is 0. The molecule has 2 amide bonds. The van der Waals surface area contributed by atoms with E-state index in [9.17, 15) is 4.79 Å². The molecule has 134 valence electrons. The number of oxazole rings is 1. The summed E-state index contributed by atoms with van der Waals surface area (Å²) in [6.45, 7) is 4.97. The standard InChI is InChI=1S/C19H26N4O2/c1-21-13-14-23(19(21)24)15-8-11-22(12-9-15)10-4-7-18-20-16-5-2-3-6-17(16)25-18/h2-3,5-6,15H,4,7-14H2,1H3. The molecule has 0 aliphatic carbocycles. The highest BCUT2D eigenvalue weighted by atomic mass is 16.3. The molecule has 1 aromatic heterocycles. The largest absolute Gasteiger partial charge is 0.441 e. The minimum Gasteiger partial charge on any atom is -0.441 e. The van der Waals surface area contributed by atoms with Gasteiger partial charge in [-0.05, 0) is 37.9 Å². The lowest BCUT2D eigenvalue weighted by Gasteiger charge is -2.36. The lowest BCUT2D eigenvalue weighted by molar-refractivity contribution is 0.130. The van der Waals surface area contributed by atoms with E-state index in [0.717, 1.165) is 75.4 Å². The van der Waals surface area contributed by atoms with Crippen LogP contribution in [0, 0.1) is 0 Å². The van der Waals surface area contributed by atoms with Crippen molar-refractivity contribution in [3.8, 4) is 0 Å². The second-order valence-electron chi connectivity index (χ2n) is 7.15. The van der Waals surface area contributed by atoms with Crippen molar-refractivity contribution in [1.82, 2.24) is 19.7 Å². The molecule has 2 aromatic rings. The molecule has 25 heavy (non-hydrogen) atoms. The van der Waals surface area contributed by atoms with Crippen molar-refractivity contribution in [3.63, 3.8) is 0 Å². The number of para-hydroxylation sites is 2. The summed E-state index contributed by atoms with van der Waals surface area (Å²) in [5.41, 5.74) is 1.82. The molecule has 0 unspecified atom stereocenters. The number of carbonyl (C=O) groups excluding carboxylic acids is 1. The van der Waals surface area contributed by atoms with Gasteiger partial charge in [-0.25, -0.2) is 9.78 Å². The van der Waals surface area contributed by atoms with Gasteiger partial charge in [0, 0.05) is 45.7 Å². The van der Waals surface area contributed by atoms with Crippen molar-refractivity contribution in [1.29, 1.82) is 0 Å². The van der Waals surface area contributed by atoms with E-state index in [1.54, 1.807) is 0 Å². The Hall–Kier alpha value is -2.08. The molecule has 2 aliphatic rings. The molecule has 0 spiro atoms. The Balaban J connectivity index is 1.22. The van der Waals surface area contributed by atoms with E-state index < -0.39 is 0 Å². The number of fused-ring (bicyclic) bond motifs is 1. The van der Waals surface area contributed by atoms with Crippen LogP contribution in [0.3, 0.4) is 0 Å². The van der Waals surface area contributed by atoms with Crippen LogP contribution >= 0.6 is 0 Å². The molecule has 6 nitrogen and oxygen atoms in total. The number of nitrogens with zero attached hydrogens (tertiary/aromatic N) is 4. The van der Waals surface area contributed by atoms with Gasteiger partial charge in [0.1, 0.15) is 5.52 Å². The molecule has 2 fully saturated rings. The molecule has 0 saturated carbocycles. The molecule has 3 heterocycles. The summed E-state index contributed by atoms with van der Waals surface area (Å²) in [6, 6.07) is 8.55. The van der Waals surface area contributed by atoms with Gasteiger partial charge in [-0.1, -0.05) is 12.1 Å². The molecule has 2 aliphatic heterocycles. The number of aromatic nitrogens is 1. The fourth-order valence-electron chi connectivity index (χ4n) is 3.94. The normalized spacial score (nSPS) is 20.1. The van der Waals surface area contributed by atoms with E-state index in [0.29, 0.717) is 6.04 Å². The van der Waals surface area contributed by atoms with Gasteiger partial charge in [0.15, 0.2) is 11.5 Å². The first-order valence-electron chi connectivity index (χ1n) is 9.29. The second kappa shape index (κ2) is 7.04. The lowest BCUT2D eigenvalue weighted by Crippen LogP contribution is -2.46. The number of hydrogen-bond acceptors (Lipinski definition) is 4. The number of likely N-dealkylation sites (N-methyl/N-ethyl adjacent to an activating group) is 1. The quantitative estimate of drug-likeness (QED) is 0.838. The summed E-state index contributed by atoms with van der Waals surface area (Å²) in [4.78, 5) is 23.0. The monoisotopic (exact) mass is 342 g/mol. The number of benzene rings is 1. The van der Waals surface area contributed by atoms with Crippen LogP contribution in [0.4, 0.5) is 4.79 Å². The predicted molar refractivity (Wildman–Crippen MR) is 96.5 cm³/mol. The summed E-state index contributed by atoms with van der Waals surface area (Å²) >= 11 is 0. The first kappa shape index (κ1) is 16.4. The van der Waals surface area contributed by atoms with Crippen LogP contribution in [0.5, 0.6) is 0 Å². The summed E-state index contributed by atoms with van der Waals surface area (Å²) in [7, 11) is 1.89. The molecular formula is C19H26N4O2. The van der Waals surface area contributed by atoms with E-state index >= 15 is 0 Å². The zero-order valence-electron chi connectivity index (χ0n) is 14.9. The van der Waals surface area contributed by atoms with Gasteiger partial charge in [0.25, 0.3) is 0 Å². The number of aryl methyl sites for hydroxylation is 1. The molecule has 2 saturated heterocycles. The number of rotatable bonds is 5. The van der Waals surface area contributed by atoms with E-state index in [4.69, 9.17) is 4.42 Å². The number of urea groups is 1. The maximum atomic E-state index is 12.1. The Kier molecular flexibility index (Phi) is 4.61. The number of hydrogen-bond donors (Lipinski definition) is 0. The number of likely N-dealkylation sites (tertiary alicyclic amines) is 1. The number of carbonyl (C=O) groups is 1. The SMILES string of the molecule is CN1CCN(C2CCN(CCCc3nc4ccccc4o3)CC2)C1=O. The number of piperidine rings is 1. The molecule has 0 bridgehead atoms. The highest BCUT2D eigenvalue weighted by Crippen LogP contribution is 2.21. The Morgan fingerprint density at radius 3 is 2.68 bits per heavy atom. The maximum Gasteiger partial charge on any atom is 0.320 e. The maximum absolute atomic E-state index is 12.1. The Morgan fingerprint density at radius 2 is 1.96 bits per heavy atom. The van der Waals surface area contributed by atoms with Gasteiger partial charge in [0.05, 0.1) is 0 Å². The van der Waals surface area contributed by atoms with E-state index in [1.165, 1.54) is 0 Å². The van der Waals surface area contributed by atoms with Crippen molar-refractivity contribution < 1.29 is 9.21 Å². The third-order valence-corrected chi connectivity index (χ3v) is 5.45. The van der Waals surface area contributed by atoms with Gasteiger partial charge in [-0.2, -0.15) is 0 Å². The lowest BCUT2D eigenvalue weighted by atomic mass is 10.0. The highest BCUT2D eigenvalue weighted by molar-refractivity contribution is 5.76. The van der Waals surface area contributed by atoms with Gasteiger partial charge in [-0.3, -0.25) is 0 Å². The molecule has 0 radical (unpaired) electrons. The average Bonchev–Trinajstić information content (AvgIpc) is 3.19. The Morgan fingerprint density at radius 1 is 1.16 bits per heavy atom. The predicted octanol–water partition coefficient (Wildman–Crippen LogP) is 2.59. The minimum absolute atomic E-state index is 0.203. The van der Waals surface area contributed by atoms with Crippen molar-refractivity contribution in [3.05, 3.63) is 30.2 Å². The van der Waals surface area contributed by atoms with Crippen LogP contribution in [0.2, 0.25) is 0 Å². The van der Waals surface area contributed by atoms with Gasteiger partial charge in [0.2, 0.25) is 0 Å². The third-order valence-electron chi connectivity index (χ3n) is 5.45. The van der Waals surface area contributed by atoms with Crippen molar-refractivity contribution in [2.45, 2.75) is 31.7 Å². The Bertz CT molecular complexity index is 703. The van der Waals surface area contributed by atoms with Crippen LogP contribution in [0.1, 0.15) is 25.2 Å². The summed E-state index contributed by atoms with van der Waals surface area (Å²) < 4.78 is 5.79. The summed E-state index contributed by atoms with van der Waals surface area (Å²) in [6.07, 6.45) is 4.11. The van der Waals surface area contributed by atoms with Crippen LogP contribution in [-0.4, -0.2) is 71.5 Å². The van der Waals surface area contributed by atoms with Crippen molar-refractivity contribution in [2.75, 3.05) is 39.8 Å². The fraction of sp³-hybridized carbons (Fsp3) is 0.579. The smallest absolute Gasteiger partial charge is 0.320 e. The van der Waals surface area contributed by atoms with E-state index in [-0.39, 0.29) is 6.03 Å². The average molecular weight is 342 g/mol. The van der Waals surface area contributed by atoms with Crippen LogP contribution in [0.25, 0.3) is 11.1 Å². The first-order chi connectivity index (χ1) is 12.2. The first-order valence-corrected chi connectivity index (χ1v) is 9.29. The van der Waals surface area contributed by atoms with Gasteiger partial charge >= 0.3 is 6.03 Å². The zero-order valence-corrected chi connectivity index (χ0v) is 14.9. The van der Waals surface area contributed by atoms with E-state index in [1.807, 2.05) is 36.2 Å². The summed E-state index contributed by atoms with van der Waals surface area (Å²) in [5.74, 6) is 0.835. The molecule has 1 aromatic carbocycles. The van der Waals surface area contributed by atoms with Gasteiger partial charge in [-0.15, -0.1) is 0 Å². The van der Waals surface area contributed by atoms with Crippen LogP contribution in [-0.2, 0) is 6.42 Å². The minimum atomic E-state index is 0.203. The molecule has 4 rings (SSSR count). The van der Waals surface area contributed by atoms with Gasteiger partial charge < -0.3 is 19.1 Å². The zero-order chi connectivity index (χ0) is 17.2. The third kappa shape index (κ3) is 3.49. The fourth-order valence-corrected chi connectivity index (χ4v) is 3.94. The number of amides is 2. The topological polar surface area (TPSA) is 52.8 Å². The molecular weight excluding hydrogens is 316 g/mol. The van der Waals surface area contributed by atoms with E-state index in [2.05, 4.69) is 14.8 Å². The van der Waals surface area contributed by atoms with Crippen molar-refractivity contribution >= 4 is 17.1 Å². The van der Waals surface area contributed by atoms with Crippen molar-refractivity contribution in [2.24, 2.45) is 0 Å². The highest BCUT2D eigenvalue weighted by Gasteiger charge is 2.33. The Labute approximate surface area is 148 Å². The van der Waals surface area contributed by atoms with Crippen LogP contribution in [0.15, 0.2) is 28.7 Å². The molecule has 0 N–H and O–H groups in total. The van der Waals surface area contributed by atoms with Crippen LogP contribution < -0.4 is 0 Å². The second-order valence-corrected chi connectivity index (χ2v) is 7.15. The molecule has 6 heteroatoms.